The second-order valence-corrected chi connectivity index (χ2v) is 5.07. The predicted octanol–water partition coefficient (Wildman–Crippen LogP) is 1.42. The van der Waals surface area contributed by atoms with Crippen molar-refractivity contribution in [3.63, 3.8) is 0 Å². The zero-order valence-electron chi connectivity index (χ0n) is 10.2. The minimum atomic E-state index is 0.714. The Morgan fingerprint density at radius 1 is 1.29 bits per heavy atom. The van der Waals surface area contributed by atoms with Gasteiger partial charge in [-0.1, -0.05) is 18.2 Å². The summed E-state index contributed by atoms with van der Waals surface area (Å²) in [5, 5.41) is 6.91. The van der Waals surface area contributed by atoms with Gasteiger partial charge in [-0.05, 0) is 29.0 Å². The largest absolute Gasteiger partial charge is 0.381 e. The van der Waals surface area contributed by atoms with E-state index in [1.165, 1.54) is 23.1 Å². The van der Waals surface area contributed by atoms with Crippen molar-refractivity contribution in [2.45, 2.75) is 26.1 Å². The van der Waals surface area contributed by atoms with Crippen LogP contribution in [0.4, 0.5) is 0 Å². The number of fused-ring (bicyclic) bond motifs is 1. The predicted molar refractivity (Wildman–Crippen MR) is 67.6 cm³/mol. The molecule has 17 heavy (non-hydrogen) atoms. The van der Waals surface area contributed by atoms with Gasteiger partial charge in [0.2, 0.25) is 0 Å². The van der Waals surface area contributed by atoms with Crippen molar-refractivity contribution in [2.75, 3.05) is 19.8 Å². The summed E-state index contributed by atoms with van der Waals surface area (Å²) in [5.41, 5.74) is 4.32. The number of hydrogen-bond acceptors (Lipinski definition) is 3. The Labute approximate surface area is 103 Å². The van der Waals surface area contributed by atoms with Crippen LogP contribution in [0.25, 0.3) is 0 Å². The molecule has 1 fully saturated rings. The zero-order chi connectivity index (χ0) is 11.5. The van der Waals surface area contributed by atoms with E-state index in [0.717, 1.165) is 39.4 Å². The summed E-state index contributed by atoms with van der Waals surface area (Å²) in [6, 6.07) is 6.82. The van der Waals surface area contributed by atoms with E-state index in [0.29, 0.717) is 5.92 Å². The first kappa shape index (κ1) is 11.2. The second kappa shape index (κ2) is 5.17. The van der Waals surface area contributed by atoms with E-state index < -0.39 is 0 Å². The molecule has 0 amide bonds. The molecule has 0 bridgehead atoms. The molecule has 3 heteroatoms. The molecule has 3 rings (SSSR count). The average molecular weight is 232 g/mol. The topological polar surface area (TPSA) is 33.3 Å². The SMILES string of the molecule is c1cc2c(cc1CNCC1CCOC1)CNC2. The van der Waals surface area contributed by atoms with Gasteiger partial charge in [0.25, 0.3) is 0 Å². The number of rotatable bonds is 4. The summed E-state index contributed by atoms with van der Waals surface area (Å²) in [6.07, 6.45) is 1.21. The van der Waals surface area contributed by atoms with E-state index in [1.807, 2.05) is 0 Å². The van der Waals surface area contributed by atoms with E-state index in [9.17, 15) is 0 Å². The fraction of sp³-hybridized carbons (Fsp3) is 0.571. The van der Waals surface area contributed by atoms with Gasteiger partial charge in [-0.25, -0.2) is 0 Å². The third kappa shape index (κ3) is 2.68. The Kier molecular flexibility index (Phi) is 3.41. The molecule has 0 aromatic heterocycles. The van der Waals surface area contributed by atoms with Crippen LogP contribution < -0.4 is 10.6 Å². The van der Waals surface area contributed by atoms with Gasteiger partial charge in [0.15, 0.2) is 0 Å². The fourth-order valence-corrected chi connectivity index (χ4v) is 2.62. The molecule has 2 heterocycles. The summed E-state index contributed by atoms with van der Waals surface area (Å²) in [6.45, 7) is 5.99. The summed E-state index contributed by atoms with van der Waals surface area (Å²) in [7, 11) is 0. The second-order valence-electron chi connectivity index (χ2n) is 5.07. The maximum Gasteiger partial charge on any atom is 0.0507 e. The van der Waals surface area contributed by atoms with E-state index in [1.54, 1.807) is 0 Å². The smallest absolute Gasteiger partial charge is 0.0507 e. The molecule has 1 unspecified atom stereocenters. The minimum absolute atomic E-state index is 0.714. The molecule has 1 atom stereocenters. The third-order valence-corrected chi connectivity index (χ3v) is 3.69. The maximum absolute atomic E-state index is 5.37. The van der Waals surface area contributed by atoms with E-state index in [-0.39, 0.29) is 0 Å². The van der Waals surface area contributed by atoms with E-state index >= 15 is 0 Å². The first-order chi connectivity index (χ1) is 8.42. The number of benzene rings is 1. The van der Waals surface area contributed by atoms with Gasteiger partial charge in [-0.15, -0.1) is 0 Å². The lowest BCUT2D eigenvalue weighted by Crippen LogP contribution is -2.22. The first-order valence-corrected chi connectivity index (χ1v) is 6.52. The highest BCUT2D eigenvalue weighted by atomic mass is 16.5. The first-order valence-electron chi connectivity index (χ1n) is 6.52. The van der Waals surface area contributed by atoms with E-state index in [4.69, 9.17) is 4.74 Å². The Hall–Kier alpha value is -0.900. The zero-order valence-corrected chi connectivity index (χ0v) is 10.2. The van der Waals surface area contributed by atoms with Crippen LogP contribution in [-0.4, -0.2) is 19.8 Å². The number of ether oxygens (including phenoxy) is 1. The van der Waals surface area contributed by atoms with Crippen LogP contribution in [0.2, 0.25) is 0 Å². The lowest BCUT2D eigenvalue weighted by molar-refractivity contribution is 0.185. The summed E-state index contributed by atoms with van der Waals surface area (Å²) in [5.74, 6) is 0.714. The van der Waals surface area contributed by atoms with Crippen molar-refractivity contribution >= 4 is 0 Å². The van der Waals surface area contributed by atoms with Crippen LogP contribution >= 0.6 is 0 Å². The molecule has 92 valence electrons. The quantitative estimate of drug-likeness (QED) is 0.823. The summed E-state index contributed by atoms with van der Waals surface area (Å²) in [4.78, 5) is 0. The average Bonchev–Trinajstić information content (AvgIpc) is 2.98. The lowest BCUT2D eigenvalue weighted by Gasteiger charge is -2.10. The Morgan fingerprint density at radius 2 is 2.24 bits per heavy atom. The maximum atomic E-state index is 5.37. The van der Waals surface area contributed by atoms with Crippen molar-refractivity contribution in [3.05, 3.63) is 34.9 Å². The molecular formula is C14H20N2O. The van der Waals surface area contributed by atoms with Crippen molar-refractivity contribution in [3.8, 4) is 0 Å². The summed E-state index contributed by atoms with van der Waals surface area (Å²) >= 11 is 0. The Balaban J connectivity index is 1.51. The van der Waals surface area contributed by atoms with Gasteiger partial charge in [-0.3, -0.25) is 0 Å². The fourth-order valence-electron chi connectivity index (χ4n) is 2.62. The van der Waals surface area contributed by atoms with E-state index in [2.05, 4.69) is 28.8 Å². The Morgan fingerprint density at radius 3 is 3.12 bits per heavy atom. The van der Waals surface area contributed by atoms with Crippen LogP contribution in [0.1, 0.15) is 23.1 Å². The normalized spacial score (nSPS) is 22.9. The van der Waals surface area contributed by atoms with Crippen LogP contribution in [0.5, 0.6) is 0 Å². The molecule has 1 saturated heterocycles. The third-order valence-electron chi connectivity index (χ3n) is 3.69. The highest BCUT2D eigenvalue weighted by Crippen LogP contribution is 2.17. The number of hydrogen-bond donors (Lipinski definition) is 2. The lowest BCUT2D eigenvalue weighted by atomic mass is 10.1. The molecule has 0 spiro atoms. The van der Waals surface area contributed by atoms with Gasteiger partial charge in [-0.2, -0.15) is 0 Å². The molecule has 3 nitrogen and oxygen atoms in total. The molecule has 2 N–H and O–H groups in total. The van der Waals surface area contributed by atoms with Gasteiger partial charge >= 0.3 is 0 Å². The van der Waals surface area contributed by atoms with Gasteiger partial charge in [0.1, 0.15) is 0 Å². The molecule has 0 saturated carbocycles. The summed E-state index contributed by atoms with van der Waals surface area (Å²) < 4.78 is 5.37. The molecule has 1 aromatic rings. The van der Waals surface area contributed by atoms with Crippen LogP contribution in [0.15, 0.2) is 18.2 Å². The monoisotopic (exact) mass is 232 g/mol. The van der Waals surface area contributed by atoms with Crippen LogP contribution in [0, 0.1) is 5.92 Å². The number of nitrogens with one attached hydrogen (secondary N) is 2. The standard InChI is InChI=1S/C14H20N2O/c1-2-13-8-16-9-14(13)5-11(1)6-15-7-12-3-4-17-10-12/h1-2,5,12,15-16H,3-4,6-10H2. The van der Waals surface area contributed by atoms with Crippen molar-refractivity contribution in [2.24, 2.45) is 5.92 Å². The molecule has 1 aromatic carbocycles. The molecule has 2 aliphatic rings. The Bertz CT molecular complexity index is 386. The van der Waals surface area contributed by atoms with Crippen LogP contribution in [0.3, 0.4) is 0 Å². The van der Waals surface area contributed by atoms with Gasteiger partial charge in [0, 0.05) is 32.8 Å². The molecular weight excluding hydrogens is 212 g/mol. The van der Waals surface area contributed by atoms with Crippen LogP contribution in [-0.2, 0) is 24.4 Å². The van der Waals surface area contributed by atoms with Crippen molar-refractivity contribution in [1.29, 1.82) is 0 Å². The highest BCUT2D eigenvalue weighted by Gasteiger charge is 2.15. The van der Waals surface area contributed by atoms with Crippen molar-refractivity contribution in [1.82, 2.24) is 10.6 Å². The van der Waals surface area contributed by atoms with Gasteiger partial charge in [0.05, 0.1) is 6.61 Å². The van der Waals surface area contributed by atoms with Gasteiger partial charge < -0.3 is 15.4 Å². The minimum Gasteiger partial charge on any atom is -0.381 e. The van der Waals surface area contributed by atoms with Crippen molar-refractivity contribution < 1.29 is 4.74 Å². The molecule has 0 aliphatic carbocycles. The molecule has 0 radical (unpaired) electrons. The molecule has 2 aliphatic heterocycles. The highest BCUT2D eigenvalue weighted by molar-refractivity contribution is 5.34.